The molecule has 0 bridgehead atoms. The van der Waals surface area contributed by atoms with Gasteiger partial charge in [0.25, 0.3) is 0 Å². The lowest BCUT2D eigenvalue weighted by Crippen LogP contribution is -2.30. The molecule has 594 valence electrons. The van der Waals surface area contributed by atoms with Gasteiger partial charge in [-0.25, -0.2) is 9.13 Å². The van der Waals surface area contributed by atoms with E-state index in [-0.39, 0.29) is 25.7 Å². The molecule has 19 heteroatoms. The number of ether oxygens (including phenoxy) is 4. The van der Waals surface area contributed by atoms with E-state index < -0.39 is 97.5 Å². The number of esters is 4. The molecule has 0 radical (unpaired) electrons. The number of carbonyl (C=O) groups is 4. The third kappa shape index (κ3) is 74.3. The Morgan fingerprint density at radius 2 is 0.460 bits per heavy atom. The van der Waals surface area contributed by atoms with E-state index in [4.69, 9.17) is 37.0 Å². The van der Waals surface area contributed by atoms with E-state index in [9.17, 15) is 43.2 Å². The highest BCUT2D eigenvalue weighted by atomic mass is 31.2. The fourth-order valence-electron chi connectivity index (χ4n) is 12.5. The zero-order valence-corrected chi connectivity index (χ0v) is 67.3. The standard InChI is InChI=1S/C81H158O17P2/c1-7-9-11-13-15-17-19-21-23-25-29-32-36-40-44-51-57-63-78(83)91-69-76(97-80(85)65-60-54-46-42-38-34-30-26-27-31-35-39-43-49-55-61-73(3)4)71-95-99(87,88)93-67-75(82)68-94-100(89,90)96-72-77(70-92-79(84)64-58-52-48-47-50-56-62-74(5)6)98-81(86)66-59-53-45-41-37-33-28-24-22-20-18-16-14-12-10-8-2/h73-77,82H,7-72H2,1-6H3,(H,87,88)(H,89,90)/t75-,76-,77-/m1/s1. The molecular weight excluding hydrogens is 1310 g/mol. The molecule has 0 aliphatic rings. The van der Waals surface area contributed by atoms with Crippen LogP contribution in [0, 0.1) is 11.8 Å². The minimum Gasteiger partial charge on any atom is -0.462 e. The van der Waals surface area contributed by atoms with Crippen LogP contribution < -0.4 is 0 Å². The first kappa shape index (κ1) is 98.1. The van der Waals surface area contributed by atoms with E-state index in [2.05, 4.69) is 41.5 Å². The molecule has 0 aliphatic carbocycles. The van der Waals surface area contributed by atoms with Gasteiger partial charge in [0, 0.05) is 25.7 Å². The van der Waals surface area contributed by atoms with Crippen molar-refractivity contribution >= 4 is 39.5 Å². The molecule has 0 saturated heterocycles. The van der Waals surface area contributed by atoms with Gasteiger partial charge >= 0.3 is 39.5 Å². The Hall–Kier alpha value is -1.94. The van der Waals surface area contributed by atoms with Gasteiger partial charge in [-0.2, -0.15) is 0 Å². The lowest BCUT2D eigenvalue weighted by molar-refractivity contribution is -0.161. The maximum absolute atomic E-state index is 13.1. The summed E-state index contributed by atoms with van der Waals surface area (Å²) in [7, 11) is -9.92. The van der Waals surface area contributed by atoms with Crippen molar-refractivity contribution in [2.45, 2.75) is 445 Å². The van der Waals surface area contributed by atoms with Gasteiger partial charge in [0.1, 0.15) is 19.3 Å². The van der Waals surface area contributed by atoms with Crippen LogP contribution in [0.25, 0.3) is 0 Å². The Morgan fingerprint density at radius 3 is 0.680 bits per heavy atom. The second kappa shape index (κ2) is 72.6. The number of carbonyl (C=O) groups excluding carboxylic acids is 4. The van der Waals surface area contributed by atoms with Crippen LogP contribution in [0.5, 0.6) is 0 Å². The third-order valence-corrected chi connectivity index (χ3v) is 20.9. The molecule has 0 saturated carbocycles. The molecule has 2 unspecified atom stereocenters. The number of hydrogen-bond donors (Lipinski definition) is 3. The van der Waals surface area contributed by atoms with Crippen molar-refractivity contribution in [2.75, 3.05) is 39.6 Å². The average Bonchev–Trinajstić information content (AvgIpc) is 1.04. The van der Waals surface area contributed by atoms with Crippen LogP contribution in [0.3, 0.4) is 0 Å². The molecular formula is C81H158O17P2. The van der Waals surface area contributed by atoms with Gasteiger partial charge in [0.2, 0.25) is 0 Å². The Balaban J connectivity index is 5.22. The van der Waals surface area contributed by atoms with E-state index >= 15 is 0 Å². The zero-order valence-electron chi connectivity index (χ0n) is 65.5. The number of rotatable bonds is 80. The van der Waals surface area contributed by atoms with Gasteiger partial charge in [0.15, 0.2) is 12.2 Å². The van der Waals surface area contributed by atoms with E-state index in [1.54, 1.807) is 0 Å². The van der Waals surface area contributed by atoms with E-state index in [1.165, 1.54) is 238 Å². The molecule has 0 rings (SSSR count). The Bertz CT molecular complexity index is 1920. The number of aliphatic hydroxyl groups excluding tert-OH is 1. The molecule has 0 amide bonds. The Kier molecular flexibility index (Phi) is 71.2. The number of phosphoric acid groups is 2. The van der Waals surface area contributed by atoms with E-state index in [0.717, 1.165) is 102 Å². The van der Waals surface area contributed by atoms with Crippen molar-refractivity contribution in [1.82, 2.24) is 0 Å². The second-order valence-electron chi connectivity index (χ2n) is 30.1. The fourth-order valence-corrected chi connectivity index (χ4v) is 14.1. The van der Waals surface area contributed by atoms with Crippen LogP contribution >= 0.6 is 15.6 Å². The van der Waals surface area contributed by atoms with Gasteiger partial charge in [-0.1, -0.05) is 375 Å². The minimum atomic E-state index is -4.96. The number of unbranched alkanes of at least 4 members (excludes halogenated alkanes) is 50. The van der Waals surface area contributed by atoms with Crippen molar-refractivity contribution in [1.29, 1.82) is 0 Å². The molecule has 0 fully saturated rings. The first-order valence-corrected chi connectivity index (χ1v) is 45.0. The van der Waals surface area contributed by atoms with Crippen molar-refractivity contribution in [2.24, 2.45) is 11.8 Å². The zero-order chi connectivity index (χ0) is 73.5. The molecule has 0 aromatic carbocycles. The molecule has 0 aromatic heterocycles. The molecule has 3 N–H and O–H groups in total. The maximum Gasteiger partial charge on any atom is 0.472 e. The lowest BCUT2D eigenvalue weighted by Gasteiger charge is -2.21. The molecule has 0 aromatic rings. The summed E-state index contributed by atoms with van der Waals surface area (Å²) < 4.78 is 68.7. The number of aliphatic hydroxyl groups is 1. The molecule has 100 heavy (non-hydrogen) atoms. The van der Waals surface area contributed by atoms with Crippen LogP contribution in [-0.2, 0) is 65.4 Å². The smallest absolute Gasteiger partial charge is 0.462 e. The summed E-state index contributed by atoms with van der Waals surface area (Å²) in [5, 5.41) is 10.6. The van der Waals surface area contributed by atoms with Crippen molar-refractivity contribution in [3.63, 3.8) is 0 Å². The predicted octanol–water partition coefficient (Wildman–Crippen LogP) is 24.3. The van der Waals surface area contributed by atoms with Gasteiger partial charge in [-0.05, 0) is 37.5 Å². The van der Waals surface area contributed by atoms with Crippen LogP contribution in [0.15, 0.2) is 0 Å². The molecule has 0 heterocycles. The van der Waals surface area contributed by atoms with Crippen LogP contribution in [0.1, 0.15) is 427 Å². The summed E-state index contributed by atoms with van der Waals surface area (Å²) in [6.45, 7) is 9.59. The monoisotopic (exact) mass is 1470 g/mol. The van der Waals surface area contributed by atoms with Gasteiger partial charge < -0.3 is 33.8 Å². The molecule has 17 nitrogen and oxygen atoms in total. The number of hydrogen-bond acceptors (Lipinski definition) is 15. The quantitative estimate of drug-likeness (QED) is 0.0222. The SMILES string of the molecule is CCCCCCCCCCCCCCCCCCCC(=O)OC[C@H](COP(=O)(O)OC[C@@H](O)COP(=O)(O)OC[C@@H](COC(=O)CCCCCCCCC(C)C)OC(=O)CCCCCCCCCCCCCCCCCC)OC(=O)CCCCCCCCCCCCCCCCCC(C)C. The molecule has 5 atom stereocenters. The summed E-state index contributed by atoms with van der Waals surface area (Å²) in [6.07, 6.45) is 62.6. The first-order valence-electron chi connectivity index (χ1n) is 42.0. The van der Waals surface area contributed by atoms with Crippen LogP contribution in [0.2, 0.25) is 0 Å². The van der Waals surface area contributed by atoms with Gasteiger partial charge in [-0.15, -0.1) is 0 Å². The van der Waals surface area contributed by atoms with Crippen LogP contribution in [-0.4, -0.2) is 96.7 Å². The second-order valence-corrected chi connectivity index (χ2v) is 33.0. The fraction of sp³-hybridized carbons (Fsp3) is 0.951. The van der Waals surface area contributed by atoms with Gasteiger partial charge in [0.05, 0.1) is 26.4 Å². The Morgan fingerprint density at radius 1 is 0.270 bits per heavy atom. The predicted molar refractivity (Wildman–Crippen MR) is 409 cm³/mol. The van der Waals surface area contributed by atoms with E-state index in [0.29, 0.717) is 31.6 Å². The topological polar surface area (TPSA) is 237 Å². The normalized spacial score (nSPS) is 13.9. The van der Waals surface area contributed by atoms with Crippen molar-refractivity contribution < 1.29 is 80.2 Å². The summed E-state index contributed by atoms with van der Waals surface area (Å²) >= 11 is 0. The van der Waals surface area contributed by atoms with Gasteiger partial charge in [-0.3, -0.25) is 37.3 Å². The van der Waals surface area contributed by atoms with Crippen molar-refractivity contribution in [3.05, 3.63) is 0 Å². The van der Waals surface area contributed by atoms with Crippen LogP contribution in [0.4, 0.5) is 0 Å². The summed E-state index contributed by atoms with van der Waals surface area (Å²) in [5.74, 6) is -0.627. The minimum absolute atomic E-state index is 0.107. The number of phosphoric ester groups is 2. The highest BCUT2D eigenvalue weighted by Crippen LogP contribution is 2.45. The summed E-state index contributed by atoms with van der Waals surface area (Å²) in [4.78, 5) is 73.0. The molecule has 0 spiro atoms. The van der Waals surface area contributed by atoms with E-state index in [1.807, 2.05) is 0 Å². The lowest BCUT2D eigenvalue weighted by atomic mass is 10.0. The highest BCUT2D eigenvalue weighted by Gasteiger charge is 2.30. The highest BCUT2D eigenvalue weighted by molar-refractivity contribution is 7.47. The third-order valence-electron chi connectivity index (χ3n) is 19.0. The first-order chi connectivity index (χ1) is 48.4. The largest absolute Gasteiger partial charge is 0.472 e. The maximum atomic E-state index is 13.1. The summed E-state index contributed by atoms with van der Waals surface area (Å²) in [5.41, 5.74) is 0. The Labute approximate surface area is 613 Å². The average molecular weight is 1470 g/mol. The molecule has 0 aliphatic heterocycles. The van der Waals surface area contributed by atoms with Crippen molar-refractivity contribution in [3.8, 4) is 0 Å². The summed E-state index contributed by atoms with van der Waals surface area (Å²) in [6, 6.07) is 0.